The summed E-state index contributed by atoms with van der Waals surface area (Å²) in [5.74, 6) is 2.26. The lowest BCUT2D eigenvalue weighted by molar-refractivity contribution is -0.118. The molecular weight excluding hydrogens is 366 g/mol. The van der Waals surface area contributed by atoms with Crippen molar-refractivity contribution in [2.24, 2.45) is 5.92 Å². The van der Waals surface area contributed by atoms with Crippen molar-refractivity contribution in [3.05, 3.63) is 42.4 Å². The van der Waals surface area contributed by atoms with Gasteiger partial charge in [0.15, 0.2) is 5.78 Å². The van der Waals surface area contributed by atoms with Crippen LogP contribution in [0.1, 0.15) is 24.8 Å². The number of nitrogens with zero attached hydrogens (tertiary/aromatic N) is 3. The van der Waals surface area contributed by atoms with Crippen LogP contribution in [0.3, 0.4) is 0 Å². The Morgan fingerprint density at radius 2 is 2.24 bits per heavy atom. The Kier molecular flexibility index (Phi) is 5.64. The van der Waals surface area contributed by atoms with Crippen LogP contribution in [0.2, 0.25) is 0 Å². The third-order valence-electron chi connectivity index (χ3n) is 5.50. The van der Waals surface area contributed by atoms with Gasteiger partial charge in [0, 0.05) is 25.7 Å². The van der Waals surface area contributed by atoms with E-state index in [4.69, 9.17) is 4.74 Å². The number of carbonyl (C=O) groups is 1. The number of piperidine rings is 1. The van der Waals surface area contributed by atoms with Crippen molar-refractivity contribution >= 4 is 28.3 Å². The highest BCUT2D eigenvalue weighted by atomic mass is 16.5. The van der Waals surface area contributed by atoms with Gasteiger partial charge in [0.2, 0.25) is 0 Å². The number of ketones is 1. The molecule has 3 aromatic rings. The highest BCUT2D eigenvalue weighted by molar-refractivity contribution is 5.87. The van der Waals surface area contributed by atoms with Crippen LogP contribution in [-0.2, 0) is 4.79 Å². The van der Waals surface area contributed by atoms with Crippen LogP contribution in [-0.4, -0.2) is 47.5 Å². The predicted octanol–water partition coefficient (Wildman–Crippen LogP) is 3.56. The molecule has 29 heavy (non-hydrogen) atoms. The molecule has 7 nitrogen and oxygen atoms in total. The van der Waals surface area contributed by atoms with Gasteiger partial charge in [-0.25, -0.2) is 9.97 Å². The first-order valence-electron chi connectivity index (χ1n) is 10.1. The van der Waals surface area contributed by atoms with Crippen molar-refractivity contribution in [3.63, 3.8) is 0 Å². The van der Waals surface area contributed by atoms with E-state index in [9.17, 15) is 4.79 Å². The minimum Gasteiger partial charge on any atom is -0.495 e. The van der Waals surface area contributed by atoms with Gasteiger partial charge in [-0.3, -0.25) is 4.79 Å². The molecule has 7 heteroatoms. The smallest absolute Gasteiger partial charge is 0.152 e. The van der Waals surface area contributed by atoms with Gasteiger partial charge in [0.05, 0.1) is 24.7 Å². The van der Waals surface area contributed by atoms with E-state index in [1.54, 1.807) is 13.4 Å². The molecule has 0 radical (unpaired) electrons. The number of anilines is 2. The Balaban J connectivity index is 1.36. The first-order chi connectivity index (χ1) is 14.1. The molecule has 3 heterocycles. The molecule has 0 saturated carbocycles. The Morgan fingerprint density at radius 3 is 3.10 bits per heavy atom. The number of carbonyl (C=O) groups excluding carboxylic acids is 1. The summed E-state index contributed by atoms with van der Waals surface area (Å²) in [6.45, 7) is 4.14. The second kappa shape index (κ2) is 8.51. The van der Waals surface area contributed by atoms with Crippen molar-refractivity contribution < 1.29 is 9.53 Å². The first kappa shape index (κ1) is 19.2. The second-order valence-electron chi connectivity index (χ2n) is 7.69. The SMILES string of the molecule is COc1ccc(C)cc1NCC(=O)C[C@@H]1CCCN(c2ncnc3[nH]ccc23)C1. The molecule has 0 spiro atoms. The molecule has 4 rings (SSSR count). The van der Waals surface area contributed by atoms with Crippen LogP contribution < -0.4 is 15.0 Å². The molecule has 1 aliphatic heterocycles. The Morgan fingerprint density at radius 1 is 1.34 bits per heavy atom. The molecule has 2 N–H and O–H groups in total. The van der Waals surface area contributed by atoms with Crippen LogP contribution in [0.5, 0.6) is 5.75 Å². The number of hydrogen-bond acceptors (Lipinski definition) is 6. The average molecular weight is 393 g/mol. The maximum atomic E-state index is 12.6. The van der Waals surface area contributed by atoms with Crippen LogP contribution in [0.15, 0.2) is 36.8 Å². The first-order valence-corrected chi connectivity index (χ1v) is 10.1. The lowest BCUT2D eigenvalue weighted by Crippen LogP contribution is -2.37. The molecule has 152 valence electrons. The van der Waals surface area contributed by atoms with Crippen LogP contribution in [0.4, 0.5) is 11.5 Å². The monoisotopic (exact) mass is 393 g/mol. The topological polar surface area (TPSA) is 83.1 Å². The summed E-state index contributed by atoms with van der Waals surface area (Å²) in [4.78, 5) is 26.8. The number of benzene rings is 1. The lowest BCUT2D eigenvalue weighted by Gasteiger charge is -2.33. The zero-order valence-electron chi connectivity index (χ0n) is 16.9. The number of methoxy groups -OCH3 is 1. The van der Waals surface area contributed by atoms with Gasteiger partial charge in [-0.1, -0.05) is 6.07 Å². The highest BCUT2D eigenvalue weighted by Crippen LogP contribution is 2.29. The maximum Gasteiger partial charge on any atom is 0.152 e. The van der Waals surface area contributed by atoms with Crippen molar-refractivity contribution in [1.82, 2.24) is 15.0 Å². The number of aromatic amines is 1. The maximum absolute atomic E-state index is 12.6. The van der Waals surface area contributed by atoms with E-state index >= 15 is 0 Å². The standard InChI is InChI=1S/C22H27N5O2/c1-15-5-6-20(29-2)19(10-15)24-12-17(28)11-16-4-3-9-27(13-16)22-18-7-8-23-21(18)25-14-26-22/h5-8,10,14,16,24H,3-4,9,11-13H2,1-2H3,(H,23,25,26)/t16-/m0/s1. The molecule has 1 atom stereocenters. The molecule has 1 saturated heterocycles. The third kappa shape index (κ3) is 4.34. The van der Waals surface area contributed by atoms with Crippen molar-refractivity contribution in [1.29, 1.82) is 0 Å². The summed E-state index contributed by atoms with van der Waals surface area (Å²) in [5.41, 5.74) is 2.84. The molecule has 1 aliphatic rings. The largest absolute Gasteiger partial charge is 0.495 e. The molecule has 0 amide bonds. The van der Waals surface area contributed by atoms with E-state index in [1.807, 2.05) is 37.4 Å². The van der Waals surface area contributed by atoms with E-state index < -0.39 is 0 Å². The van der Waals surface area contributed by atoms with Gasteiger partial charge in [-0.2, -0.15) is 0 Å². The number of aryl methyl sites for hydroxylation is 1. The highest BCUT2D eigenvalue weighted by Gasteiger charge is 2.24. The number of ether oxygens (including phenoxy) is 1. The number of Topliss-reactive ketones (excluding diaryl/α,β-unsaturated/α-hetero) is 1. The fraction of sp³-hybridized carbons (Fsp3) is 0.409. The summed E-state index contributed by atoms with van der Waals surface area (Å²) in [6.07, 6.45) is 6.19. The number of aromatic nitrogens is 3. The van der Waals surface area contributed by atoms with E-state index in [-0.39, 0.29) is 5.78 Å². The fourth-order valence-electron chi connectivity index (χ4n) is 4.08. The zero-order valence-corrected chi connectivity index (χ0v) is 16.9. The van der Waals surface area contributed by atoms with Crippen molar-refractivity contribution in [3.8, 4) is 5.75 Å². The molecule has 0 bridgehead atoms. The van der Waals surface area contributed by atoms with Crippen molar-refractivity contribution in [2.45, 2.75) is 26.2 Å². The molecule has 0 unspecified atom stereocenters. The van der Waals surface area contributed by atoms with Gasteiger partial charge in [-0.15, -0.1) is 0 Å². The van der Waals surface area contributed by atoms with Crippen LogP contribution >= 0.6 is 0 Å². The second-order valence-corrected chi connectivity index (χ2v) is 7.69. The predicted molar refractivity (Wildman–Crippen MR) is 115 cm³/mol. The van der Waals surface area contributed by atoms with Gasteiger partial charge < -0.3 is 19.9 Å². The molecule has 1 aromatic carbocycles. The Hall–Kier alpha value is -3.09. The Bertz CT molecular complexity index is 1000. The summed E-state index contributed by atoms with van der Waals surface area (Å²) in [5, 5.41) is 4.28. The van der Waals surface area contributed by atoms with E-state index in [0.717, 1.165) is 59.8 Å². The summed E-state index contributed by atoms with van der Waals surface area (Å²) >= 11 is 0. The molecule has 1 fully saturated rings. The molecular formula is C22H27N5O2. The number of hydrogen-bond donors (Lipinski definition) is 2. The normalized spacial score (nSPS) is 16.8. The minimum atomic E-state index is 0.217. The minimum absolute atomic E-state index is 0.217. The lowest BCUT2D eigenvalue weighted by atomic mass is 9.92. The number of nitrogens with one attached hydrogen (secondary N) is 2. The van der Waals surface area contributed by atoms with Gasteiger partial charge in [0.25, 0.3) is 0 Å². The van der Waals surface area contributed by atoms with Crippen LogP contribution in [0, 0.1) is 12.8 Å². The number of fused-ring (bicyclic) bond motifs is 1. The molecule has 2 aromatic heterocycles. The summed E-state index contributed by atoms with van der Waals surface area (Å²) in [6, 6.07) is 7.94. The van der Waals surface area contributed by atoms with Gasteiger partial charge >= 0.3 is 0 Å². The number of rotatable bonds is 7. The van der Waals surface area contributed by atoms with Crippen molar-refractivity contribution in [2.75, 3.05) is 37.0 Å². The average Bonchev–Trinajstić information content (AvgIpc) is 3.21. The fourth-order valence-corrected chi connectivity index (χ4v) is 4.08. The van der Waals surface area contributed by atoms with E-state index in [1.165, 1.54) is 0 Å². The van der Waals surface area contributed by atoms with E-state index in [2.05, 4.69) is 25.2 Å². The van der Waals surface area contributed by atoms with E-state index in [0.29, 0.717) is 18.9 Å². The van der Waals surface area contributed by atoms with Gasteiger partial charge in [0.1, 0.15) is 23.5 Å². The number of H-pyrrole nitrogens is 1. The zero-order chi connectivity index (χ0) is 20.2. The summed E-state index contributed by atoms with van der Waals surface area (Å²) < 4.78 is 5.38. The van der Waals surface area contributed by atoms with Gasteiger partial charge in [-0.05, 0) is 49.4 Å². The quantitative estimate of drug-likeness (QED) is 0.639. The molecule has 0 aliphatic carbocycles. The Labute approximate surface area is 170 Å². The third-order valence-corrected chi connectivity index (χ3v) is 5.50. The van der Waals surface area contributed by atoms with Crippen LogP contribution in [0.25, 0.3) is 11.0 Å². The summed E-state index contributed by atoms with van der Waals surface area (Å²) in [7, 11) is 1.64.